The zero-order chi connectivity index (χ0) is 16.2. The molecule has 0 aliphatic heterocycles. The zero-order valence-electron chi connectivity index (χ0n) is 14.4. The fourth-order valence-electron chi connectivity index (χ4n) is 3.65. The van der Waals surface area contributed by atoms with Gasteiger partial charge in [0.05, 0.1) is 12.8 Å². The van der Waals surface area contributed by atoms with E-state index in [-0.39, 0.29) is 0 Å². The molecule has 3 nitrogen and oxygen atoms in total. The Kier molecular flexibility index (Phi) is 4.85. The van der Waals surface area contributed by atoms with E-state index in [2.05, 4.69) is 29.5 Å². The summed E-state index contributed by atoms with van der Waals surface area (Å²) in [6.45, 7) is 4.43. The molecular formula is C20H26N2O. The minimum absolute atomic E-state index is 0.673. The summed E-state index contributed by atoms with van der Waals surface area (Å²) in [6.07, 6.45) is 8.72. The van der Waals surface area contributed by atoms with Crippen molar-refractivity contribution in [2.45, 2.75) is 52.0 Å². The van der Waals surface area contributed by atoms with Crippen LogP contribution in [0.3, 0.4) is 0 Å². The molecule has 122 valence electrons. The molecule has 1 aliphatic rings. The second kappa shape index (κ2) is 7.03. The Morgan fingerprint density at radius 1 is 1.09 bits per heavy atom. The lowest BCUT2D eigenvalue weighted by Crippen LogP contribution is -2.15. The van der Waals surface area contributed by atoms with Crippen molar-refractivity contribution in [3.63, 3.8) is 0 Å². The molecule has 0 atom stereocenters. The number of hydrogen-bond acceptors (Lipinski definition) is 2. The van der Waals surface area contributed by atoms with Gasteiger partial charge in [0.1, 0.15) is 5.75 Å². The van der Waals surface area contributed by atoms with Crippen LogP contribution in [0, 0.1) is 13.8 Å². The van der Waals surface area contributed by atoms with Crippen LogP contribution in [0.5, 0.6) is 5.75 Å². The summed E-state index contributed by atoms with van der Waals surface area (Å²) < 4.78 is 7.70. The largest absolute Gasteiger partial charge is 0.497 e. The minimum atomic E-state index is 0.673. The number of rotatable bonds is 4. The molecule has 0 unspecified atom stereocenters. The number of aromatic nitrogens is 1. The number of methoxy groups -OCH3 is 1. The predicted octanol–water partition coefficient (Wildman–Crippen LogP) is 5.37. The summed E-state index contributed by atoms with van der Waals surface area (Å²) >= 11 is 0. The standard InChI is InChI=1S/C20H26N2O/c1-15-13-17(14-21-18-9-11-20(23-3)12-10-18)16(2)22(15)19-7-5-4-6-8-19/h9-14,19H,4-8H2,1-3H3. The van der Waals surface area contributed by atoms with Gasteiger partial charge < -0.3 is 9.30 Å². The van der Waals surface area contributed by atoms with Crippen LogP contribution in [0.1, 0.15) is 55.1 Å². The lowest BCUT2D eigenvalue weighted by Gasteiger charge is -2.26. The minimum Gasteiger partial charge on any atom is -0.497 e. The van der Waals surface area contributed by atoms with Gasteiger partial charge in [0.25, 0.3) is 0 Å². The molecule has 23 heavy (non-hydrogen) atoms. The molecule has 0 N–H and O–H groups in total. The topological polar surface area (TPSA) is 26.5 Å². The number of benzene rings is 1. The maximum absolute atomic E-state index is 5.18. The highest BCUT2D eigenvalue weighted by atomic mass is 16.5. The summed E-state index contributed by atoms with van der Waals surface area (Å²) in [5.41, 5.74) is 4.87. The van der Waals surface area contributed by atoms with Crippen LogP contribution in [0.25, 0.3) is 0 Å². The molecule has 0 amide bonds. The summed E-state index contributed by atoms with van der Waals surface area (Å²) in [6, 6.07) is 10.8. The lowest BCUT2D eigenvalue weighted by molar-refractivity contribution is 0.346. The van der Waals surface area contributed by atoms with Gasteiger partial charge in [0, 0.05) is 29.2 Å². The van der Waals surface area contributed by atoms with Crippen LogP contribution < -0.4 is 4.74 Å². The second-order valence-corrected chi connectivity index (χ2v) is 6.44. The van der Waals surface area contributed by atoms with Crippen molar-refractivity contribution in [3.05, 3.63) is 47.3 Å². The van der Waals surface area contributed by atoms with E-state index in [4.69, 9.17) is 4.74 Å². The molecule has 0 spiro atoms. The van der Waals surface area contributed by atoms with Crippen molar-refractivity contribution in [1.82, 2.24) is 4.57 Å². The number of aryl methyl sites for hydroxylation is 1. The Morgan fingerprint density at radius 3 is 2.43 bits per heavy atom. The predicted molar refractivity (Wildman–Crippen MR) is 96.3 cm³/mol. The fraction of sp³-hybridized carbons (Fsp3) is 0.450. The number of hydrogen-bond donors (Lipinski definition) is 0. The van der Waals surface area contributed by atoms with E-state index in [0.717, 1.165) is 11.4 Å². The molecule has 1 fully saturated rings. The van der Waals surface area contributed by atoms with Crippen LogP contribution in [-0.2, 0) is 0 Å². The van der Waals surface area contributed by atoms with E-state index >= 15 is 0 Å². The molecule has 1 aliphatic carbocycles. The third-order valence-electron chi connectivity index (χ3n) is 4.89. The number of nitrogens with zero attached hydrogens (tertiary/aromatic N) is 2. The highest BCUT2D eigenvalue weighted by Gasteiger charge is 2.19. The van der Waals surface area contributed by atoms with Crippen molar-refractivity contribution < 1.29 is 4.74 Å². The van der Waals surface area contributed by atoms with Crippen molar-refractivity contribution in [2.24, 2.45) is 4.99 Å². The summed E-state index contributed by atoms with van der Waals surface area (Å²) in [4.78, 5) is 4.62. The van der Waals surface area contributed by atoms with E-state index in [1.165, 1.54) is 49.1 Å². The monoisotopic (exact) mass is 310 g/mol. The van der Waals surface area contributed by atoms with Crippen molar-refractivity contribution in [2.75, 3.05) is 7.11 Å². The molecule has 0 bridgehead atoms. The Morgan fingerprint density at radius 2 is 1.78 bits per heavy atom. The third kappa shape index (κ3) is 3.49. The second-order valence-electron chi connectivity index (χ2n) is 6.44. The highest BCUT2D eigenvalue weighted by Crippen LogP contribution is 2.32. The first-order valence-corrected chi connectivity index (χ1v) is 8.55. The van der Waals surface area contributed by atoms with Crippen LogP contribution in [0.15, 0.2) is 35.3 Å². The van der Waals surface area contributed by atoms with Crippen molar-refractivity contribution in [1.29, 1.82) is 0 Å². The average molecular weight is 310 g/mol. The van der Waals surface area contributed by atoms with Gasteiger partial charge in [0.2, 0.25) is 0 Å². The quantitative estimate of drug-likeness (QED) is 0.697. The van der Waals surface area contributed by atoms with Crippen LogP contribution in [0.4, 0.5) is 5.69 Å². The molecular weight excluding hydrogens is 284 g/mol. The molecule has 1 aromatic carbocycles. The van der Waals surface area contributed by atoms with Gasteiger partial charge in [-0.2, -0.15) is 0 Å². The summed E-state index contributed by atoms with van der Waals surface area (Å²) in [7, 11) is 1.68. The first-order valence-electron chi connectivity index (χ1n) is 8.55. The maximum Gasteiger partial charge on any atom is 0.119 e. The molecule has 0 saturated heterocycles. The van der Waals surface area contributed by atoms with E-state index in [0.29, 0.717) is 6.04 Å². The van der Waals surface area contributed by atoms with E-state index < -0.39 is 0 Å². The van der Waals surface area contributed by atoms with Crippen LogP contribution in [0.2, 0.25) is 0 Å². The van der Waals surface area contributed by atoms with Gasteiger partial charge >= 0.3 is 0 Å². The maximum atomic E-state index is 5.18. The lowest BCUT2D eigenvalue weighted by atomic mass is 9.95. The fourth-order valence-corrected chi connectivity index (χ4v) is 3.65. The van der Waals surface area contributed by atoms with E-state index in [1.807, 2.05) is 30.5 Å². The number of aliphatic imine (C=N–C) groups is 1. The Balaban J connectivity index is 1.81. The van der Waals surface area contributed by atoms with Gasteiger partial charge in [-0.25, -0.2) is 0 Å². The molecule has 2 aromatic rings. The van der Waals surface area contributed by atoms with Gasteiger partial charge in [-0.15, -0.1) is 0 Å². The van der Waals surface area contributed by atoms with Crippen LogP contribution in [-0.4, -0.2) is 17.9 Å². The van der Waals surface area contributed by atoms with Crippen molar-refractivity contribution >= 4 is 11.9 Å². The van der Waals surface area contributed by atoms with Gasteiger partial charge in [0.15, 0.2) is 0 Å². The number of ether oxygens (including phenoxy) is 1. The Hall–Kier alpha value is -2.03. The molecule has 1 aromatic heterocycles. The van der Waals surface area contributed by atoms with Crippen molar-refractivity contribution in [3.8, 4) is 5.75 Å². The normalized spacial score (nSPS) is 16.1. The zero-order valence-corrected chi connectivity index (χ0v) is 14.4. The van der Waals surface area contributed by atoms with Gasteiger partial charge in [-0.3, -0.25) is 4.99 Å². The smallest absolute Gasteiger partial charge is 0.119 e. The highest BCUT2D eigenvalue weighted by molar-refractivity contribution is 5.84. The van der Waals surface area contributed by atoms with Gasteiger partial charge in [-0.1, -0.05) is 19.3 Å². The van der Waals surface area contributed by atoms with Gasteiger partial charge in [-0.05, 0) is 57.0 Å². The molecule has 0 radical (unpaired) electrons. The van der Waals surface area contributed by atoms with Crippen LogP contribution >= 0.6 is 0 Å². The van der Waals surface area contributed by atoms with E-state index in [9.17, 15) is 0 Å². The first kappa shape index (κ1) is 15.9. The average Bonchev–Trinajstić information content (AvgIpc) is 2.88. The molecule has 1 saturated carbocycles. The summed E-state index contributed by atoms with van der Waals surface area (Å²) in [5, 5.41) is 0. The molecule has 3 heteroatoms. The molecule has 3 rings (SSSR count). The Labute approximate surface area is 139 Å². The van der Waals surface area contributed by atoms with E-state index in [1.54, 1.807) is 7.11 Å². The third-order valence-corrected chi connectivity index (χ3v) is 4.89. The summed E-state index contributed by atoms with van der Waals surface area (Å²) in [5.74, 6) is 0.861. The Bertz CT molecular complexity index is 676. The molecule has 1 heterocycles. The SMILES string of the molecule is COc1ccc(N=Cc2cc(C)n(C3CCCCC3)c2C)cc1. The first-order chi connectivity index (χ1) is 11.2.